The van der Waals surface area contributed by atoms with Crippen LogP contribution < -0.4 is 16.4 Å². The van der Waals surface area contributed by atoms with Crippen LogP contribution in [-0.4, -0.2) is 95.9 Å². The normalized spacial score (nSPS) is 23.8. The highest BCUT2D eigenvalue weighted by molar-refractivity contribution is 7.71. The molecule has 1 fully saturated rings. The van der Waals surface area contributed by atoms with Gasteiger partial charge in [-0.2, -0.15) is 0 Å². The maximum absolute atomic E-state index is 11.7. The van der Waals surface area contributed by atoms with Gasteiger partial charge in [0.05, 0.1) is 25.4 Å². The van der Waals surface area contributed by atoms with Crippen LogP contribution in [0.5, 0.6) is 0 Å². The maximum atomic E-state index is 11.7. The molecule has 15 heteroatoms. The van der Waals surface area contributed by atoms with Gasteiger partial charge in [-0.3, -0.25) is 14.2 Å². The average Bonchev–Trinajstić information content (AvgIpc) is 3.31. The summed E-state index contributed by atoms with van der Waals surface area (Å²) in [5.41, 5.74) is 6.23. The zero-order valence-electron chi connectivity index (χ0n) is 17.3. The van der Waals surface area contributed by atoms with Crippen LogP contribution in [0.15, 0.2) is 18.5 Å². The number of carboxylic acids is 1. The van der Waals surface area contributed by atoms with Crippen molar-refractivity contribution in [3.05, 3.63) is 23.1 Å². The molecule has 1 saturated heterocycles. The number of ether oxygens (including phenoxy) is 1. The van der Waals surface area contributed by atoms with Gasteiger partial charge in [0.2, 0.25) is 11.9 Å². The van der Waals surface area contributed by atoms with Gasteiger partial charge in [-0.1, -0.05) is 24.4 Å². The lowest BCUT2D eigenvalue weighted by Gasteiger charge is -2.17. The molecule has 0 bridgehead atoms. The molecule has 1 aliphatic rings. The van der Waals surface area contributed by atoms with Gasteiger partial charge >= 0.3 is 5.97 Å². The number of aromatic nitrogens is 4. The molecule has 9 N–H and O–H groups in total. The Balaban J connectivity index is 1.61. The Bertz CT molecular complexity index is 1090. The first-order valence-electron chi connectivity index (χ1n) is 9.96. The Hall–Kier alpha value is -2.95. The third-order valence-electron chi connectivity index (χ3n) is 4.92. The monoisotopic (exact) mass is 483 g/mol. The predicted octanol–water partition coefficient (Wildman–Crippen LogP) is -2.01. The number of hydrogen-bond donors (Lipinski definition) is 8. The quantitative estimate of drug-likeness (QED) is 0.136. The Morgan fingerprint density at radius 1 is 1.33 bits per heavy atom. The van der Waals surface area contributed by atoms with E-state index in [-0.39, 0.29) is 11.2 Å². The summed E-state index contributed by atoms with van der Waals surface area (Å²) in [6.07, 6.45) is -0.182. The second kappa shape index (κ2) is 10.8. The second-order valence-electron chi connectivity index (χ2n) is 7.27. The van der Waals surface area contributed by atoms with Crippen LogP contribution in [-0.2, 0) is 14.3 Å². The third-order valence-corrected chi connectivity index (χ3v) is 5.20. The number of imidazole rings is 1. The van der Waals surface area contributed by atoms with E-state index in [1.54, 1.807) is 12.2 Å². The fourth-order valence-electron chi connectivity index (χ4n) is 3.22. The molecule has 1 aliphatic heterocycles. The van der Waals surface area contributed by atoms with Crippen molar-refractivity contribution in [3.8, 4) is 0 Å². The second-order valence-corrected chi connectivity index (χ2v) is 7.66. The molecular formula is C18H25N7O7S. The Morgan fingerprint density at radius 3 is 2.73 bits per heavy atom. The van der Waals surface area contributed by atoms with Crippen LogP contribution in [0.25, 0.3) is 11.2 Å². The summed E-state index contributed by atoms with van der Waals surface area (Å²) in [4.78, 5) is 33.6. The van der Waals surface area contributed by atoms with Gasteiger partial charge in [-0.05, 0) is 0 Å². The van der Waals surface area contributed by atoms with Gasteiger partial charge in [0.15, 0.2) is 10.9 Å². The SMILES string of the molecule is NC(CC(=O)O)C(=O)NC/C=C/CNc1nc(=S)c2ncn([C@@H]3O[C@H](CO)[C@@H](O)[C@H]3O)c2[nH]1. The molecule has 0 aromatic carbocycles. The molecule has 1 unspecified atom stereocenters. The Morgan fingerprint density at radius 2 is 2.06 bits per heavy atom. The number of rotatable bonds is 10. The minimum atomic E-state index is -1.28. The van der Waals surface area contributed by atoms with Crippen molar-refractivity contribution in [2.24, 2.45) is 5.73 Å². The van der Waals surface area contributed by atoms with Crippen LogP contribution >= 0.6 is 12.2 Å². The number of H-pyrrole nitrogens is 1. The molecule has 2 aromatic heterocycles. The lowest BCUT2D eigenvalue weighted by atomic mass is 10.1. The van der Waals surface area contributed by atoms with Crippen molar-refractivity contribution in [2.75, 3.05) is 25.0 Å². The van der Waals surface area contributed by atoms with E-state index in [4.69, 9.17) is 27.8 Å². The van der Waals surface area contributed by atoms with E-state index in [0.717, 1.165) is 0 Å². The van der Waals surface area contributed by atoms with E-state index in [1.165, 1.54) is 10.9 Å². The van der Waals surface area contributed by atoms with Gasteiger partial charge in [0.1, 0.15) is 29.5 Å². The number of anilines is 1. The minimum absolute atomic E-state index is 0.161. The van der Waals surface area contributed by atoms with Crippen molar-refractivity contribution in [2.45, 2.75) is 37.0 Å². The fraction of sp³-hybridized carbons (Fsp3) is 0.500. The van der Waals surface area contributed by atoms with Gasteiger partial charge in [-0.15, -0.1) is 0 Å². The number of amides is 1. The van der Waals surface area contributed by atoms with E-state index >= 15 is 0 Å². The van der Waals surface area contributed by atoms with Crippen molar-refractivity contribution >= 4 is 41.2 Å². The summed E-state index contributed by atoms with van der Waals surface area (Å²) in [6.45, 7) is 0.0150. The number of carbonyl (C=O) groups is 2. The topological polar surface area (TPSA) is 221 Å². The molecule has 1 amide bonds. The van der Waals surface area contributed by atoms with Crippen LogP contribution in [0.2, 0.25) is 0 Å². The number of carbonyl (C=O) groups excluding carboxylic acids is 1. The molecule has 0 aliphatic carbocycles. The molecule has 0 saturated carbocycles. The summed E-state index contributed by atoms with van der Waals surface area (Å²) in [7, 11) is 0. The number of nitrogens with zero attached hydrogens (tertiary/aromatic N) is 3. The van der Waals surface area contributed by atoms with Crippen molar-refractivity contribution in [1.29, 1.82) is 0 Å². The summed E-state index contributed by atoms with van der Waals surface area (Å²) in [5.74, 6) is -1.42. The number of nitrogens with two attached hydrogens (primary N) is 1. The third kappa shape index (κ3) is 5.70. The summed E-state index contributed by atoms with van der Waals surface area (Å²) < 4.78 is 7.20. The van der Waals surface area contributed by atoms with E-state index < -0.39 is 55.5 Å². The molecule has 5 atom stereocenters. The lowest BCUT2D eigenvalue weighted by molar-refractivity contribution is -0.139. The molecule has 3 heterocycles. The number of hydrogen-bond acceptors (Lipinski definition) is 11. The lowest BCUT2D eigenvalue weighted by Crippen LogP contribution is -2.41. The van der Waals surface area contributed by atoms with Crippen molar-refractivity contribution < 1.29 is 34.8 Å². The van der Waals surface area contributed by atoms with Crippen LogP contribution in [0.4, 0.5) is 5.95 Å². The molecule has 0 spiro atoms. The number of nitrogens with one attached hydrogen (secondary N) is 3. The minimum Gasteiger partial charge on any atom is -0.481 e. The smallest absolute Gasteiger partial charge is 0.305 e. The summed E-state index contributed by atoms with van der Waals surface area (Å²) >= 11 is 5.27. The van der Waals surface area contributed by atoms with Gasteiger partial charge in [0, 0.05) is 13.1 Å². The number of aliphatic carboxylic acids is 1. The van der Waals surface area contributed by atoms with Gasteiger partial charge in [-0.25, -0.2) is 9.97 Å². The number of fused-ring (bicyclic) bond motifs is 1. The zero-order valence-corrected chi connectivity index (χ0v) is 18.1. The van der Waals surface area contributed by atoms with Crippen LogP contribution in [0, 0.1) is 4.64 Å². The largest absolute Gasteiger partial charge is 0.481 e. The molecule has 2 aromatic rings. The van der Waals surface area contributed by atoms with Gasteiger partial charge in [0.25, 0.3) is 0 Å². The average molecular weight is 484 g/mol. The summed E-state index contributed by atoms with van der Waals surface area (Å²) in [5, 5.41) is 43.7. The molecule has 3 rings (SSSR count). The highest BCUT2D eigenvalue weighted by atomic mass is 32.1. The predicted molar refractivity (Wildman–Crippen MR) is 117 cm³/mol. The number of aliphatic hydroxyl groups is 3. The molecule has 33 heavy (non-hydrogen) atoms. The number of aromatic amines is 1. The highest BCUT2D eigenvalue weighted by Crippen LogP contribution is 2.31. The van der Waals surface area contributed by atoms with Crippen LogP contribution in [0.3, 0.4) is 0 Å². The number of carboxylic acid groups (broad SMARTS) is 1. The first kappa shape index (κ1) is 24.7. The van der Waals surface area contributed by atoms with Crippen molar-refractivity contribution in [3.63, 3.8) is 0 Å². The Labute approximate surface area is 192 Å². The first-order valence-corrected chi connectivity index (χ1v) is 10.4. The summed E-state index contributed by atoms with van der Waals surface area (Å²) in [6, 6.07) is -1.12. The van der Waals surface area contributed by atoms with E-state index in [9.17, 15) is 24.9 Å². The molecule has 14 nitrogen and oxygen atoms in total. The van der Waals surface area contributed by atoms with E-state index in [0.29, 0.717) is 23.7 Å². The fourth-order valence-corrected chi connectivity index (χ4v) is 3.46. The van der Waals surface area contributed by atoms with Gasteiger partial charge < -0.3 is 46.5 Å². The molecule has 0 radical (unpaired) electrons. The van der Waals surface area contributed by atoms with E-state index in [1.807, 2.05) is 0 Å². The maximum Gasteiger partial charge on any atom is 0.305 e. The highest BCUT2D eigenvalue weighted by Gasteiger charge is 2.43. The van der Waals surface area contributed by atoms with Crippen LogP contribution in [0.1, 0.15) is 12.6 Å². The standard InChI is InChI=1S/C18H25N7O7S/c19-8(5-10(27)28)15(31)20-3-1-2-4-21-18-23-14-11(16(33)24-18)22-7-25(14)17-13(30)12(29)9(6-26)32-17/h1-2,7-9,12-13,17,26,29-30H,3-6,19H2,(H,20,31)(H,27,28)(H2,21,23,24,33)/b2-1+/t8?,9-,12-,13-,17-/m1/s1. The molecule has 180 valence electrons. The zero-order chi connectivity index (χ0) is 24.1. The van der Waals surface area contributed by atoms with E-state index in [2.05, 4.69) is 25.6 Å². The Kier molecular flexibility index (Phi) is 8.06. The van der Waals surface area contributed by atoms with Crippen molar-refractivity contribution in [1.82, 2.24) is 24.8 Å². The number of aliphatic hydroxyl groups excluding tert-OH is 3. The molecular weight excluding hydrogens is 458 g/mol. The first-order chi connectivity index (χ1) is 15.7.